The highest BCUT2D eigenvalue weighted by atomic mass is 16.2. The molecule has 150 valence electrons. The standard InChI is InChI=1S/C22H30N4O2/c1-18(27)19-6-8-20(9-7-19)26-14-12-25(13-15-26)16-21(28)24(2)22(17-23)10-4-3-5-11-22/h6-9H,3-5,10-16H2,1-2H3. The third-order valence-electron chi connectivity index (χ3n) is 6.28. The maximum atomic E-state index is 12.8. The van der Waals surface area contributed by atoms with Gasteiger partial charge in [0.2, 0.25) is 5.91 Å². The van der Waals surface area contributed by atoms with Gasteiger partial charge in [-0.05, 0) is 44.0 Å². The normalized spacial score (nSPS) is 19.7. The monoisotopic (exact) mass is 382 g/mol. The van der Waals surface area contributed by atoms with Gasteiger partial charge < -0.3 is 9.80 Å². The highest BCUT2D eigenvalue weighted by Gasteiger charge is 2.39. The largest absolute Gasteiger partial charge is 0.369 e. The highest BCUT2D eigenvalue weighted by molar-refractivity contribution is 5.94. The van der Waals surface area contributed by atoms with E-state index in [2.05, 4.69) is 15.9 Å². The molecule has 6 nitrogen and oxygen atoms in total. The predicted molar refractivity (Wildman–Crippen MR) is 109 cm³/mol. The summed E-state index contributed by atoms with van der Waals surface area (Å²) in [5.41, 5.74) is 1.22. The number of amides is 1. The molecule has 1 saturated carbocycles. The van der Waals surface area contributed by atoms with E-state index < -0.39 is 5.54 Å². The number of rotatable bonds is 5. The maximum absolute atomic E-state index is 12.8. The van der Waals surface area contributed by atoms with Gasteiger partial charge in [0.1, 0.15) is 5.54 Å². The van der Waals surface area contributed by atoms with E-state index in [1.807, 2.05) is 24.3 Å². The second-order valence-electron chi connectivity index (χ2n) is 8.02. The van der Waals surface area contributed by atoms with E-state index in [0.717, 1.165) is 69.5 Å². The minimum atomic E-state index is -0.615. The average molecular weight is 383 g/mol. The van der Waals surface area contributed by atoms with Gasteiger partial charge in [-0.15, -0.1) is 0 Å². The van der Waals surface area contributed by atoms with Crippen LogP contribution in [0.15, 0.2) is 24.3 Å². The Bertz CT molecular complexity index is 739. The van der Waals surface area contributed by atoms with Crippen LogP contribution in [0, 0.1) is 11.3 Å². The molecule has 2 fully saturated rings. The Kier molecular flexibility index (Phi) is 6.35. The zero-order valence-electron chi connectivity index (χ0n) is 17.0. The fraction of sp³-hybridized carbons (Fsp3) is 0.591. The molecule has 28 heavy (non-hydrogen) atoms. The Morgan fingerprint density at radius 2 is 1.68 bits per heavy atom. The number of benzene rings is 1. The minimum Gasteiger partial charge on any atom is -0.369 e. The number of Topliss-reactive ketones (excluding diaryl/α,β-unsaturated/α-hetero) is 1. The summed E-state index contributed by atoms with van der Waals surface area (Å²) < 4.78 is 0. The van der Waals surface area contributed by atoms with E-state index in [4.69, 9.17) is 0 Å². The van der Waals surface area contributed by atoms with Crippen LogP contribution in [0.4, 0.5) is 5.69 Å². The summed E-state index contributed by atoms with van der Waals surface area (Å²) in [7, 11) is 1.80. The van der Waals surface area contributed by atoms with Crippen molar-refractivity contribution in [1.82, 2.24) is 9.80 Å². The lowest BCUT2D eigenvalue weighted by Crippen LogP contribution is -2.55. The van der Waals surface area contributed by atoms with Crippen molar-refractivity contribution < 1.29 is 9.59 Å². The molecular formula is C22H30N4O2. The molecule has 1 aromatic rings. The van der Waals surface area contributed by atoms with Crippen molar-refractivity contribution in [1.29, 1.82) is 5.26 Å². The molecule has 1 aliphatic carbocycles. The van der Waals surface area contributed by atoms with E-state index in [0.29, 0.717) is 6.54 Å². The molecule has 6 heteroatoms. The molecular weight excluding hydrogens is 352 g/mol. The highest BCUT2D eigenvalue weighted by Crippen LogP contribution is 2.32. The molecule has 1 aliphatic heterocycles. The van der Waals surface area contributed by atoms with E-state index in [9.17, 15) is 14.9 Å². The minimum absolute atomic E-state index is 0.0442. The summed E-state index contributed by atoms with van der Waals surface area (Å²) >= 11 is 0. The first kappa shape index (κ1) is 20.3. The third kappa shape index (κ3) is 4.36. The van der Waals surface area contributed by atoms with Crippen molar-refractivity contribution in [3.8, 4) is 6.07 Å². The lowest BCUT2D eigenvalue weighted by Gasteiger charge is -2.41. The molecule has 0 bridgehead atoms. The number of piperazine rings is 1. The number of ketones is 1. The SMILES string of the molecule is CC(=O)c1ccc(N2CCN(CC(=O)N(C)C3(C#N)CCCCC3)CC2)cc1. The van der Waals surface area contributed by atoms with E-state index in [-0.39, 0.29) is 11.7 Å². The number of likely N-dealkylation sites (N-methyl/N-ethyl adjacent to an activating group) is 1. The van der Waals surface area contributed by atoms with Crippen LogP contribution in [0.5, 0.6) is 0 Å². The predicted octanol–water partition coefficient (Wildman–Crippen LogP) is 2.70. The number of hydrogen-bond acceptors (Lipinski definition) is 5. The molecule has 3 rings (SSSR count). The van der Waals surface area contributed by atoms with Gasteiger partial charge in [-0.25, -0.2) is 0 Å². The second kappa shape index (κ2) is 8.74. The molecule has 0 spiro atoms. The van der Waals surface area contributed by atoms with Crippen LogP contribution < -0.4 is 4.90 Å². The Morgan fingerprint density at radius 3 is 2.21 bits per heavy atom. The van der Waals surface area contributed by atoms with Gasteiger partial charge in [0.05, 0.1) is 12.6 Å². The smallest absolute Gasteiger partial charge is 0.237 e. The quantitative estimate of drug-likeness (QED) is 0.733. The van der Waals surface area contributed by atoms with Crippen LogP contribution in [0.1, 0.15) is 49.4 Å². The van der Waals surface area contributed by atoms with Gasteiger partial charge in [-0.2, -0.15) is 5.26 Å². The zero-order valence-corrected chi connectivity index (χ0v) is 17.0. The van der Waals surface area contributed by atoms with Crippen molar-refractivity contribution in [3.05, 3.63) is 29.8 Å². The summed E-state index contributed by atoms with van der Waals surface area (Å²) in [6, 6.07) is 10.2. The first-order chi connectivity index (χ1) is 13.4. The number of anilines is 1. The fourth-order valence-corrected chi connectivity index (χ4v) is 4.27. The van der Waals surface area contributed by atoms with Crippen LogP contribution in [0.25, 0.3) is 0 Å². The Hall–Kier alpha value is -2.39. The summed E-state index contributed by atoms with van der Waals surface area (Å²) in [4.78, 5) is 30.4. The molecule has 0 aromatic heterocycles. The van der Waals surface area contributed by atoms with Gasteiger partial charge in [-0.3, -0.25) is 14.5 Å². The van der Waals surface area contributed by atoms with Crippen LogP contribution in [0.2, 0.25) is 0 Å². The molecule has 1 saturated heterocycles. The summed E-state index contributed by atoms with van der Waals surface area (Å²) in [6.07, 6.45) is 4.77. The third-order valence-corrected chi connectivity index (χ3v) is 6.28. The summed E-state index contributed by atoms with van der Waals surface area (Å²) in [5.74, 6) is 0.120. The van der Waals surface area contributed by atoms with Crippen molar-refractivity contribution in [2.24, 2.45) is 0 Å². The summed E-state index contributed by atoms with van der Waals surface area (Å²) in [5, 5.41) is 9.70. The lowest BCUT2D eigenvalue weighted by atomic mass is 9.81. The van der Waals surface area contributed by atoms with E-state index >= 15 is 0 Å². The lowest BCUT2D eigenvalue weighted by molar-refractivity contribution is -0.136. The molecule has 1 heterocycles. The molecule has 0 atom stereocenters. The van der Waals surface area contributed by atoms with Crippen molar-refractivity contribution in [3.63, 3.8) is 0 Å². The Labute approximate surface area is 167 Å². The van der Waals surface area contributed by atoms with Crippen LogP contribution >= 0.6 is 0 Å². The van der Waals surface area contributed by atoms with E-state index in [1.54, 1.807) is 18.9 Å². The van der Waals surface area contributed by atoms with Gasteiger partial charge in [0, 0.05) is 44.5 Å². The van der Waals surface area contributed by atoms with Gasteiger partial charge in [-0.1, -0.05) is 19.3 Å². The molecule has 1 aromatic carbocycles. The number of nitrogens with zero attached hydrogens (tertiary/aromatic N) is 4. The Morgan fingerprint density at radius 1 is 1.07 bits per heavy atom. The average Bonchev–Trinajstić information content (AvgIpc) is 2.74. The van der Waals surface area contributed by atoms with Crippen molar-refractivity contribution in [2.75, 3.05) is 44.7 Å². The van der Waals surface area contributed by atoms with Crippen LogP contribution in [-0.2, 0) is 4.79 Å². The fourth-order valence-electron chi connectivity index (χ4n) is 4.27. The first-order valence-corrected chi connectivity index (χ1v) is 10.2. The van der Waals surface area contributed by atoms with Gasteiger partial charge in [0.25, 0.3) is 0 Å². The number of carbonyl (C=O) groups excluding carboxylic acids is 2. The van der Waals surface area contributed by atoms with Gasteiger partial charge >= 0.3 is 0 Å². The molecule has 0 unspecified atom stereocenters. The molecule has 1 amide bonds. The first-order valence-electron chi connectivity index (χ1n) is 10.2. The number of hydrogen-bond donors (Lipinski definition) is 0. The van der Waals surface area contributed by atoms with E-state index in [1.165, 1.54) is 0 Å². The molecule has 2 aliphatic rings. The Balaban J connectivity index is 1.53. The molecule has 0 radical (unpaired) electrons. The van der Waals surface area contributed by atoms with Crippen molar-refractivity contribution >= 4 is 17.4 Å². The second-order valence-corrected chi connectivity index (χ2v) is 8.02. The van der Waals surface area contributed by atoms with Crippen LogP contribution in [0.3, 0.4) is 0 Å². The molecule has 0 N–H and O–H groups in total. The zero-order chi connectivity index (χ0) is 20.1. The van der Waals surface area contributed by atoms with Crippen molar-refractivity contribution in [2.45, 2.75) is 44.6 Å². The topological polar surface area (TPSA) is 67.7 Å². The maximum Gasteiger partial charge on any atom is 0.237 e. The number of carbonyl (C=O) groups is 2. The summed E-state index contributed by atoms with van der Waals surface area (Å²) in [6.45, 7) is 5.27. The number of nitriles is 1. The van der Waals surface area contributed by atoms with Gasteiger partial charge in [0.15, 0.2) is 5.78 Å². The van der Waals surface area contributed by atoms with Crippen LogP contribution in [-0.4, -0.2) is 66.8 Å².